The average molecular weight is 214 g/mol. The molecule has 0 unspecified atom stereocenters. The van der Waals surface area contributed by atoms with Crippen LogP contribution in [0.2, 0.25) is 0 Å². The molecule has 0 saturated heterocycles. The highest BCUT2D eigenvalue weighted by atomic mass is 16.3. The van der Waals surface area contributed by atoms with Crippen LogP contribution in [0.1, 0.15) is 0 Å². The molecule has 0 saturated carbocycles. The molecule has 2 aromatic rings. The lowest BCUT2D eigenvalue weighted by atomic mass is 10.1. The first-order valence-corrected chi connectivity index (χ1v) is 5.10. The Kier molecular flexibility index (Phi) is 2.77. The van der Waals surface area contributed by atoms with Crippen LogP contribution in [0.3, 0.4) is 0 Å². The summed E-state index contributed by atoms with van der Waals surface area (Å²) in [6, 6.07) is 11.1. The van der Waals surface area contributed by atoms with Gasteiger partial charge in [-0.15, -0.1) is 0 Å². The van der Waals surface area contributed by atoms with E-state index in [0.29, 0.717) is 0 Å². The van der Waals surface area contributed by atoms with Crippen molar-refractivity contribution in [3.63, 3.8) is 0 Å². The van der Waals surface area contributed by atoms with Gasteiger partial charge in [0.1, 0.15) is 11.6 Å². The molecule has 1 N–H and O–H groups in total. The van der Waals surface area contributed by atoms with E-state index in [4.69, 9.17) is 0 Å². The summed E-state index contributed by atoms with van der Waals surface area (Å²) in [5.41, 5.74) is 1.99. The zero-order chi connectivity index (χ0) is 11.5. The molecule has 0 aliphatic heterocycles. The highest BCUT2D eigenvalue weighted by molar-refractivity contribution is 5.76. The topological polar surface area (TPSA) is 36.4 Å². The van der Waals surface area contributed by atoms with Gasteiger partial charge >= 0.3 is 0 Å². The van der Waals surface area contributed by atoms with Crippen LogP contribution in [0.4, 0.5) is 5.82 Å². The van der Waals surface area contributed by atoms with Crippen molar-refractivity contribution in [3.8, 4) is 16.9 Å². The van der Waals surface area contributed by atoms with E-state index in [1.54, 1.807) is 18.3 Å². The molecule has 0 fully saturated rings. The molecule has 0 bridgehead atoms. The summed E-state index contributed by atoms with van der Waals surface area (Å²) in [5.74, 6) is 1.17. The monoisotopic (exact) mass is 214 g/mol. The number of hydrogen-bond acceptors (Lipinski definition) is 3. The standard InChI is InChI=1S/C13H14N2O/c1-15(2)13-12(7-4-8-14-13)10-5-3-6-11(16)9-10/h3-9,16H,1-2H3. The molecular weight excluding hydrogens is 200 g/mol. The molecule has 0 aliphatic carbocycles. The lowest BCUT2D eigenvalue weighted by molar-refractivity contribution is 0.475. The van der Waals surface area contributed by atoms with Crippen molar-refractivity contribution in [3.05, 3.63) is 42.6 Å². The normalized spacial score (nSPS) is 10.1. The predicted molar refractivity (Wildman–Crippen MR) is 65.7 cm³/mol. The van der Waals surface area contributed by atoms with Gasteiger partial charge in [-0.3, -0.25) is 0 Å². The Bertz CT molecular complexity index is 495. The highest BCUT2D eigenvalue weighted by Gasteiger charge is 2.07. The fraction of sp³-hybridized carbons (Fsp3) is 0.154. The van der Waals surface area contributed by atoms with E-state index in [9.17, 15) is 5.11 Å². The number of pyridine rings is 1. The minimum absolute atomic E-state index is 0.269. The molecule has 0 radical (unpaired) electrons. The van der Waals surface area contributed by atoms with E-state index in [-0.39, 0.29) is 5.75 Å². The van der Waals surface area contributed by atoms with Crippen LogP contribution in [-0.4, -0.2) is 24.2 Å². The molecule has 0 spiro atoms. The number of benzene rings is 1. The summed E-state index contributed by atoms with van der Waals surface area (Å²) in [5, 5.41) is 9.47. The first-order valence-electron chi connectivity index (χ1n) is 5.10. The number of hydrogen-bond donors (Lipinski definition) is 1. The number of anilines is 1. The van der Waals surface area contributed by atoms with Crippen LogP contribution in [-0.2, 0) is 0 Å². The maximum atomic E-state index is 9.47. The molecule has 1 aromatic heterocycles. The summed E-state index contributed by atoms with van der Waals surface area (Å²) >= 11 is 0. The molecule has 3 heteroatoms. The number of phenols is 1. The summed E-state index contributed by atoms with van der Waals surface area (Å²) < 4.78 is 0. The van der Waals surface area contributed by atoms with Gasteiger partial charge in [0.15, 0.2) is 0 Å². The predicted octanol–water partition coefficient (Wildman–Crippen LogP) is 2.52. The second-order valence-electron chi connectivity index (χ2n) is 3.82. The van der Waals surface area contributed by atoms with E-state index < -0.39 is 0 Å². The lowest BCUT2D eigenvalue weighted by Crippen LogP contribution is -2.11. The molecule has 2 rings (SSSR count). The molecule has 82 valence electrons. The average Bonchev–Trinajstić information content (AvgIpc) is 2.29. The van der Waals surface area contributed by atoms with Gasteiger partial charge in [-0.2, -0.15) is 0 Å². The van der Waals surface area contributed by atoms with Crippen LogP contribution < -0.4 is 4.90 Å². The summed E-state index contributed by atoms with van der Waals surface area (Å²) in [7, 11) is 3.91. The van der Waals surface area contributed by atoms with E-state index in [0.717, 1.165) is 16.9 Å². The molecule has 16 heavy (non-hydrogen) atoms. The van der Waals surface area contributed by atoms with E-state index in [1.807, 2.05) is 43.3 Å². The SMILES string of the molecule is CN(C)c1ncccc1-c1cccc(O)c1. The number of aromatic hydroxyl groups is 1. The molecular formula is C13H14N2O. The minimum atomic E-state index is 0.269. The van der Waals surface area contributed by atoms with Crippen molar-refractivity contribution in [1.29, 1.82) is 0 Å². The molecule has 1 aromatic carbocycles. The van der Waals surface area contributed by atoms with Gasteiger partial charge in [0.2, 0.25) is 0 Å². The smallest absolute Gasteiger partial charge is 0.135 e. The van der Waals surface area contributed by atoms with E-state index in [2.05, 4.69) is 4.98 Å². The number of nitrogens with zero attached hydrogens (tertiary/aromatic N) is 2. The van der Waals surface area contributed by atoms with E-state index in [1.165, 1.54) is 0 Å². The second-order valence-corrected chi connectivity index (χ2v) is 3.82. The minimum Gasteiger partial charge on any atom is -0.508 e. The van der Waals surface area contributed by atoms with Gasteiger partial charge in [0.25, 0.3) is 0 Å². The van der Waals surface area contributed by atoms with Crippen LogP contribution in [0.5, 0.6) is 5.75 Å². The third-order valence-electron chi connectivity index (χ3n) is 2.37. The van der Waals surface area contributed by atoms with E-state index >= 15 is 0 Å². The lowest BCUT2D eigenvalue weighted by Gasteiger charge is -2.15. The number of rotatable bonds is 2. The van der Waals surface area contributed by atoms with Gasteiger partial charge in [-0.1, -0.05) is 12.1 Å². The third kappa shape index (κ3) is 1.98. The van der Waals surface area contributed by atoms with Gasteiger partial charge < -0.3 is 10.0 Å². The fourth-order valence-electron chi connectivity index (χ4n) is 1.65. The molecule has 0 aliphatic rings. The van der Waals surface area contributed by atoms with Crippen LogP contribution >= 0.6 is 0 Å². The maximum Gasteiger partial charge on any atom is 0.135 e. The maximum absolute atomic E-state index is 9.47. The summed E-state index contributed by atoms with van der Waals surface area (Å²) in [4.78, 5) is 6.29. The van der Waals surface area contributed by atoms with Gasteiger partial charge in [-0.25, -0.2) is 4.98 Å². The Balaban J connectivity index is 2.55. The Labute approximate surface area is 95.0 Å². The Morgan fingerprint density at radius 1 is 1.12 bits per heavy atom. The molecule has 0 atom stereocenters. The quantitative estimate of drug-likeness (QED) is 0.834. The largest absolute Gasteiger partial charge is 0.508 e. The number of phenolic OH excluding ortho intramolecular Hbond substituents is 1. The van der Waals surface area contributed by atoms with Crippen molar-refractivity contribution in [1.82, 2.24) is 4.98 Å². The van der Waals surface area contributed by atoms with Crippen molar-refractivity contribution in [2.75, 3.05) is 19.0 Å². The summed E-state index contributed by atoms with van der Waals surface area (Å²) in [6.45, 7) is 0. The third-order valence-corrected chi connectivity index (χ3v) is 2.37. The van der Waals surface area contributed by atoms with Crippen LogP contribution in [0, 0.1) is 0 Å². The first kappa shape index (κ1) is 10.5. The first-order chi connectivity index (χ1) is 7.68. The Morgan fingerprint density at radius 2 is 1.94 bits per heavy atom. The zero-order valence-corrected chi connectivity index (χ0v) is 9.38. The van der Waals surface area contributed by atoms with Crippen molar-refractivity contribution in [2.24, 2.45) is 0 Å². The van der Waals surface area contributed by atoms with Crippen LogP contribution in [0.25, 0.3) is 11.1 Å². The van der Waals surface area contributed by atoms with Crippen molar-refractivity contribution < 1.29 is 5.11 Å². The van der Waals surface area contributed by atoms with Gasteiger partial charge in [0, 0.05) is 25.9 Å². The zero-order valence-electron chi connectivity index (χ0n) is 9.38. The number of aromatic nitrogens is 1. The van der Waals surface area contributed by atoms with Crippen LogP contribution in [0.15, 0.2) is 42.6 Å². The Morgan fingerprint density at radius 3 is 2.62 bits per heavy atom. The van der Waals surface area contributed by atoms with Gasteiger partial charge in [0.05, 0.1) is 0 Å². The fourth-order valence-corrected chi connectivity index (χ4v) is 1.65. The van der Waals surface area contributed by atoms with Gasteiger partial charge in [-0.05, 0) is 29.8 Å². The Hall–Kier alpha value is -2.03. The van der Waals surface area contributed by atoms with Crippen molar-refractivity contribution >= 4 is 5.82 Å². The second kappa shape index (κ2) is 4.23. The summed E-state index contributed by atoms with van der Waals surface area (Å²) in [6.07, 6.45) is 1.77. The molecule has 3 nitrogen and oxygen atoms in total. The molecule has 1 heterocycles. The highest BCUT2D eigenvalue weighted by Crippen LogP contribution is 2.29. The van der Waals surface area contributed by atoms with Crippen molar-refractivity contribution in [2.45, 2.75) is 0 Å². The molecule has 0 amide bonds.